The van der Waals surface area contributed by atoms with Gasteiger partial charge in [0.05, 0.1) is 24.7 Å². The molecule has 1 N–H and O–H groups in total. The number of hydrogen-bond acceptors (Lipinski definition) is 6. The molecule has 4 heterocycles. The highest BCUT2D eigenvalue weighted by Crippen LogP contribution is 2.25. The fourth-order valence-electron chi connectivity index (χ4n) is 2.05. The molecule has 104 valence electrons. The molecular weight excluding hydrogens is 286 g/mol. The number of anilines is 1. The fraction of sp³-hybridized carbons (Fsp3) is 0.0714. The van der Waals surface area contributed by atoms with Gasteiger partial charge in [0.2, 0.25) is 10.1 Å². The number of rotatable bonds is 4. The number of furan rings is 1. The molecule has 0 aliphatic rings. The van der Waals surface area contributed by atoms with Gasteiger partial charge < -0.3 is 9.73 Å². The number of nitrogens with zero attached hydrogens (tertiary/aromatic N) is 4. The number of hydrogen-bond donors (Lipinski definition) is 1. The van der Waals surface area contributed by atoms with Crippen LogP contribution in [0.5, 0.6) is 0 Å². The van der Waals surface area contributed by atoms with Gasteiger partial charge in [-0.1, -0.05) is 11.3 Å². The number of imidazole rings is 1. The van der Waals surface area contributed by atoms with Gasteiger partial charge in [0.1, 0.15) is 5.76 Å². The van der Waals surface area contributed by atoms with Crippen LogP contribution in [0.1, 0.15) is 5.76 Å². The minimum absolute atomic E-state index is 0.603. The van der Waals surface area contributed by atoms with E-state index in [0.717, 1.165) is 27.1 Å². The highest BCUT2D eigenvalue weighted by molar-refractivity contribution is 7.20. The van der Waals surface area contributed by atoms with Crippen LogP contribution >= 0.6 is 11.3 Å². The zero-order valence-corrected chi connectivity index (χ0v) is 11.7. The van der Waals surface area contributed by atoms with E-state index in [0.29, 0.717) is 6.54 Å². The molecule has 0 aliphatic carbocycles. The summed E-state index contributed by atoms with van der Waals surface area (Å²) in [5, 5.41) is 8.58. The van der Waals surface area contributed by atoms with Crippen LogP contribution in [0.2, 0.25) is 0 Å². The van der Waals surface area contributed by atoms with Gasteiger partial charge in [-0.3, -0.25) is 4.98 Å². The van der Waals surface area contributed by atoms with E-state index in [4.69, 9.17) is 4.42 Å². The molecule has 0 saturated heterocycles. The Kier molecular flexibility index (Phi) is 2.89. The zero-order valence-electron chi connectivity index (χ0n) is 10.9. The van der Waals surface area contributed by atoms with E-state index >= 15 is 0 Å². The molecule has 0 spiro atoms. The molecule has 4 rings (SSSR count). The van der Waals surface area contributed by atoms with Crippen molar-refractivity contribution in [2.45, 2.75) is 6.54 Å². The Balaban J connectivity index is 1.63. The molecule has 0 bridgehead atoms. The van der Waals surface area contributed by atoms with Crippen molar-refractivity contribution in [1.82, 2.24) is 19.6 Å². The molecule has 0 aromatic carbocycles. The lowest BCUT2D eigenvalue weighted by Gasteiger charge is -1.98. The predicted molar refractivity (Wildman–Crippen MR) is 80.1 cm³/mol. The predicted octanol–water partition coefficient (Wildman–Crippen LogP) is 3.06. The van der Waals surface area contributed by atoms with Crippen LogP contribution in [-0.2, 0) is 6.54 Å². The number of fused-ring (bicyclic) bond motifs is 1. The molecule has 6 nitrogen and oxygen atoms in total. The Labute approximate surface area is 124 Å². The Morgan fingerprint density at radius 1 is 1.24 bits per heavy atom. The maximum Gasteiger partial charge on any atom is 0.214 e. The van der Waals surface area contributed by atoms with Gasteiger partial charge in [0, 0.05) is 18.0 Å². The molecule has 0 amide bonds. The third-order valence-electron chi connectivity index (χ3n) is 3.04. The summed E-state index contributed by atoms with van der Waals surface area (Å²) in [5.41, 5.74) is 1.92. The van der Waals surface area contributed by atoms with E-state index in [1.807, 2.05) is 35.0 Å². The standard InChI is InChI=1S/C14H11N5OS/c1-3-10(7-15-5-1)12-9-17-14-19(12)18-13(21-14)16-8-11-4-2-6-20-11/h1-7,9H,8H2,(H,16,18). The van der Waals surface area contributed by atoms with Crippen LogP contribution in [0.25, 0.3) is 16.2 Å². The van der Waals surface area contributed by atoms with Crippen LogP contribution in [0.15, 0.2) is 53.5 Å². The van der Waals surface area contributed by atoms with Crippen molar-refractivity contribution in [3.63, 3.8) is 0 Å². The topological polar surface area (TPSA) is 68.2 Å². The normalized spacial score (nSPS) is 11.0. The van der Waals surface area contributed by atoms with Gasteiger partial charge in [-0.25, -0.2) is 9.50 Å². The van der Waals surface area contributed by atoms with Gasteiger partial charge in [-0.15, -0.1) is 5.10 Å². The highest BCUT2D eigenvalue weighted by atomic mass is 32.1. The first-order valence-electron chi connectivity index (χ1n) is 6.41. The van der Waals surface area contributed by atoms with E-state index in [9.17, 15) is 0 Å². The van der Waals surface area contributed by atoms with Crippen molar-refractivity contribution in [2.75, 3.05) is 5.32 Å². The second kappa shape index (κ2) is 5.02. The van der Waals surface area contributed by atoms with Crippen molar-refractivity contribution >= 4 is 21.4 Å². The lowest BCUT2D eigenvalue weighted by Crippen LogP contribution is -1.98. The third kappa shape index (κ3) is 2.27. The smallest absolute Gasteiger partial charge is 0.214 e. The molecule has 0 fully saturated rings. The Morgan fingerprint density at radius 2 is 2.24 bits per heavy atom. The van der Waals surface area contributed by atoms with E-state index in [1.165, 1.54) is 11.3 Å². The first-order valence-corrected chi connectivity index (χ1v) is 7.23. The van der Waals surface area contributed by atoms with E-state index < -0.39 is 0 Å². The van der Waals surface area contributed by atoms with Gasteiger partial charge >= 0.3 is 0 Å². The lowest BCUT2D eigenvalue weighted by atomic mass is 10.2. The van der Waals surface area contributed by atoms with Crippen LogP contribution in [0, 0.1) is 0 Å². The lowest BCUT2D eigenvalue weighted by molar-refractivity contribution is 0.518. The summed E-state index contributed by atoms with van der Waals surface area (Å²) in [5.74, 6) is 0.871. The van der Waals surface area contributed by atoms with Gasteiger partial charge in [0.25, 0.3) is 0 Å². The number of pyridine rings is 1. The zero-order chi connectivity index (χ0) is 14.1. The van der Waals surface area contributed by atoms with Crippen molar-refractivity contribution in [3.05, 3.63) is 54.9 Å². The number of aromatic nitrogens is 4. The van der Waals surface area contributed by atoms with Crippen molar-refractivity contribution in [2.24, 2.45) is 0 Å². The van der Waals surface area contributed by atoms with Crippen molar-refractivity contribution < 1.29 is 4.42 Å². The summed E-state index contributed by atoms with van der Waals surface area (Å²) in [4.78, 5) is 9.36. The summed E-state index contributed by atoms with van der Waals surface area (Å²) < 4.78 is 7.11. The van der Waals surface area contributed by atoms with Crippen LogP contribution < -0.4 is 5.32 Å². The first kappa shape index (κ1) is 12.1. The average Bonchev–Trinajstić information content (AvgIpc) is 3.22. The van der Waals surface area contributed by atoms with Gasteiger partial charge in [0.15, 0.2) is 0 Å². The molecule has 0 radical (unpaired) electrons. The molecule has 4 aromatic heterocycles. The molecule has 7 heteroatoms. The molecule has 21 heavy (non-hydrogen) atoms. The molecule has 0 atom stereocenters. The maximum absolute atomic E-state index is 5.29. The molecular formula is C14H11N5OS. The van der Waals surface area contributed by atoms with Crippen LogP contribution in [0.4, 0.5) is 5.13 Å². The molecule has 4 aromatic rings. The van der Waals surface area contributed by atoms with E-state index in [2.05, 4.69) is 20.4 Å². The quantitative estimate of drug-likeness (QED) is 0.627. The van der Waals surface area contributed by atoms with Crippen LogP contribution in [-0.4, -0.2) is 19.6 Å². The average molecular weight is 297 g/mol. The minimum Gasteiger partial charge on any atom is -0.467 e. The monoisotopic (exact) mass is 297 g/mol. The van der Waals surface area contributed by atoms with E-state index in [-0.39, 0.29) is 0 Å². The van der Waals surface area contributed by atoms with E-state index in [1.54, 1.807) is 18.7 Å². The highest BCUT2D eigenvalue weighted by Gasteiger charge is 2.11. The number of nitrogens with one attached hydrogen (secondary N) is 1. The Bertz CT molecular complexity index is 850. The molecule has 0 saturated carbocycles. The van der Waals surface area contributed by atoms with Crippen LogP contribution in [0.3, 0.4) is 0 Å². The second-order valence-electron chi connectivity index (χ2n) is 4.42. The summed E-state index contributed by atoms with van der Waals surface area (Å²) in [6, 6.07) is 7.68. The maximum atomic E-state index is 5.29. The molecule has 0 aliphatic heterocycles. The van der Waals surface area contributed by atoms with Gasteiger partial charge in [-0.05, 0) is 24.3 Å². The minimum atomic E-state index is 0.603. The second-order valence-corrected chi connectivity index (χ2v) is 5.38. The Morgan fingerprint density at radius 3 is 3.05 bits per heavy atom. The molecule has 0 unspecified atom stereocenters. The first-order chi connectivity index (χ1) is 10.4. The fourth-order valence-corrected chi connectivity index (χ4v) is 2.82. The third-order valence-corrected chi connectivity index (χ3v) is 3.92. The SMILES string of the molecule is c1cncc(-c2cnc3sc(NCc4ccco4)nn23)c1. The summed E-state index contributed by atoms with van der Waals surface area (Å²) in [7, 11) is 0. The van der Waals surface area contributed by atoms with Crippen molar-refractivity contribution in [1.29, 1.82) is 0 Å². The summed E-state index contributed by atoms with van der Waals surface area (Å²) >= 11 is 1.50. The summed E-state index contributed by atoms with van der Waals surface area (Å²) in [6.45, 7) is 0.603. The Hall–Kier alpha value is -2.67. The van der Waals surface area contributed by atoms with Gasteiger partial charge in [-0.2, -0.15) is 0 Å². The van der Waals surface area contributed by atoms with Crippen molar-refractivity contribution in [3.8, 4) is 11.3 Å². The largest absolute Gasteiger partial charge is 0.467 e. The summed E-state index contributed by atoms with van der Waals surface area (Å²) in [6.07, 6.45) is 7.02.